The first kappa shape index (κ1) is 20.5. The van der Waals surface area contributed by atoms with Crippen LogP contribution in [0.3, 0.4) is 0 Å². The molecule has 0 atom stereocenters. The highest BCUT2D eigenvalue weighted by Crippen LogP contribution is 2.27. The second-order valence-corrected chi connectivity index (χ2v) is 7.96. The molecule has 1 amide bonds. The van der Waals surface area contributed by atoms with Crippen molar-refractivity contribution in [1.29, 1.82) is 0 Å². The van der Waals surface area contributed by atoms with Crippen LogP contribution < -0.4 is 14.8 Å². The van der Waals surface area contributed by atoms with Gasteiger partial charge in [0.15, 0.2) is 0 Å². The summed E-state index contributed by atoms with van der Waals surface area (Å²) >= 11 is 0. The standard InChI is InChI=1S/C19H20N4O5S/c1-12-6-4-5-7-15(12)19-22-18(28-23-19)11-20-29(25,26)14-8-9-17(27-3)16(10-14)21-13(2)24/h4-10,20H,11H2,1-3H3,(H,21,24). The van der Waals surface area contributed by atoms with Crippen LogP contribution in [-0.4, -0.2) is 31.6 Å². The van der Waals surface area contributed by atoms with E-state index in [0.29, 0.717) is 11.6 Å². The minimum atomic E-state index is -3.89. The molecule has 0 radical (unpaired) electrons. The third kappa shape index (κ3) is 4.79. The van der Waals surface area contributed by atoms with Crippen LogP contribution >= 0.6 is 0 Å². The van der Waals surface area contributed by atoms with Crippen molar-refractivity contribution in [2.24, 2.45) is 0 Å². The van der Waals surface area contributed by atoms with Gasteiger partial charge in [-0.2, -0.15) is 4.98 Å². The monoisotopic (exact) mass is 416 g/mol. The lowest BCUT2D eigenvalue weighted by molar-refractivity contribution is -0.114. The molecule has 152 valence electrons. The van der Waals surface area contributed by atoms with E-state index in [1.54, 1.807) is 0 Å². The number of ether oxygens (including phenoxy) is 1. The van der Waals surface area contributed by atoms with Gasteiger partial charge >= 0.3 is 0 Å². The summed E-state index contributed by atoms with van der Waals surface area (Å²) in [6.07, 6.45) is 0. The average molecular weight is 416 g/mol. The topological polar surface area (TPSA) is 123 Å². The van der Waals surface area contributed by atoms with Crippen molar-refractivity contribution < 1.29 is 22.5 Å². The zero-order valence-electron chi connectivity index (χ0n) is 16.1. The molecule has 0 bridgehead atoms. The Morgan fingerprint density at radius 3 is 2.66 bits per heavy atom. The third-order valence-corrected chi connectivity index (χ3v) is 5.46. The largest absolute Gasteiger partial charge is 0.495 e. The van der Waals surface area contributed by atoms with Crippen LogP contribution in [0, 0.1) is 6.92 Å². The molecule has 10 heteroatoms. The Hall–Kier alpha value is -3.24. The Morgan fingerprint density at radius 2 is 1.97 bits per heavy atom. The summed E-state index contributed by atoms with van der Waals surface area (Å²) in [4.78, 5) is 15.5. The highest BCUT2D eigenvalue weighted by atomic mass is 32.2. The number of hydrogen-bond acceptors (Lipinski definition) is 7. The SMILES string of the molecule is COc1ccc(S(=O)(=O)NCc2nc(-c3ccccc3C)no2)cc1NC(C)=O. The van der Waals surface area contributed by atoms with Gasteiger partial charge in [0.25, 0.3) is 0 Å². The molecule has 0 aliphatic rings. The predicted molar refractivity (Wildman–Crippen MR) is 106 cm³/mol. The van der Waals surface area contributed by atoms with Gasteiger partial charge in [-0.15, -0.1) is 0 Å². The van der Waals surface area contributed by atoms with E-state index in [-0.39, 0.29) is 28.9 Å². The smallest absolute Gasteiger partial charge is 0.242 e. The van der Waals surface area contributed by atoms with Crippen LogP contribution in [0.15, 0.2) is 51.9 Å². The number of carbonyl (C=O) groups excluding carboxylic acids is 1. The summed E-state index contributed by atoms with van der Waals surface area (Å²) in [5.41, 5.74) is 2.03. The summed E-state index contributed by atoms with van der Waals surface area (Å²) in [6.45, 7) is 3.06. The molecule has 29 heavy (non-hydrogen) atoms. The zero-order chi connectivity index (χ0) is 21.0. The van der Waals surface area contributed by atoms with Crippen molar-refractivity contribution in [2.45, 2.75) is 25.3 Å². The minimum Gasteiger partial charge on any atom is -0.495 e. The second-order valence-electron chi connectivity index (χ2n) is 6.19. The lowest BCUT2D eigenvalue weighted by Gasteiger charge is -2.11. The molecule has 1 aromatic heterocycles. The Morgan fingerprint density at radius 1 is 1.21 bits per heavy atom. The molecule has 2 N–H and O–H groups in total. The van der Waals surface area contributed by atoms with E-state index in [1.165, 1.54) is 32.2 Å². The fourth-order valence-electron chi connectivity index (χ4n) is 2.64. The third-order valence-electron chi connectivity index (χ3n) is 4.06. The molecule has 1 heterocycles. The van der Waals surface area contributed by atoms with Gasteiger partial charge in [0.1, 0.15) is 5.75 Å². The number of amides is 1. The fraction of sp³-hybridized carbons (Fsp3) is 0.211. The summed E-state index contributed by atoms with van der Waals surface area (Å²) in [5.74, 6) is 0.511. The normalized spacial score (nSPS) is 11.3. The number of methoxy groups -OCH3 is 1. The number of rotatable bonds is 7. The fourth-order valence-corrected chi connectivity index (χ4v) is 3.64. The second kappa shape index (κ2) is 8.41. The molecule has 0 aliphatic heterocycles. The molecular weight excluding hydrogens is 396 g/mol. The zero-order valence-corrected chi connectivity index (χ0v) is 16.9. The maximum Gasteiger partial charge on any atom is 0.242 e. The number of sulfonamides is 1. The van der Waals surface area contributed by atoms with Crippen LogP contribution in [0.2, 0.25) is 0 Å². The maximum absolute atomic E-state index is 12.6. The molecule has 0 saturated carbocycles. The number of aryl methyl sites for hydroxylation is 1. The quantitative estimate of drug-likeness (QED) is 0.606. The minimum absolute atomic E-state index is 0.0410. The van der Waals surface area contributed by atoms with Crippen LogP contribution in [0.5, 0.6) is 5.75 Å². The van der Waals surface area contributed by atoms with Gasteiger partial charge < -0.3 is 14.6 Å². The van der Waals surface area contributed by atoms with Gasteiger partial charge in [0.2, 0.25) is 27.6 Å². The van der Waals surface area contributed by atoms with Crippen molar-refractivity contribution >= 4 is 21.6 Å². The number of nitrogens with zero attached hydrogens (tertiary/aromatic N) is 2. The molecule has 3 rings (SSSR count). The van der Waals surface area contributed by atoms with Crippen molar-refractivity contribution in [3.05, 3.63) is 53.9 Å². The molecular formula is C19H20N4O5S. The Labute approximate surface area is 168 Å². The van der Waals surface area contributed by atoms with Gasteiger partial charge in [-0.25, -0.2) is 13.1 Å². The predicted octanol–water partition coefficient (Wildman–Crippen LogP) is 2.49. The molecule has 0 aliphatic carbocycles. The summed E-state index contributed by atoms with van der Waals surface area (Å²) in [5, 5.41) is 6.45. The highest BCUT2D eigenvalue weighted by molar-refractivity contribution is 7.89. The number of aromatic nitrogens is 2. The molecule has 2 aromatic carbocycles. The van der Waals surface area contributed by atoms with Crippen LogP contribution in [0.25, 0.3) is 11.4 Å². The Kier molecular flexibility index (Phi) is 5.95. The summed E-state index contributed by atoms with van der Waals surface area (Å²) in [7, 11) is -2.46. The number of anilines is 1. The van der Waals surface area contributed by atoms with Crippen molar-refractivity contribution in [1.82, 2.24) is 14.9 Å². The van der Waals surface area contributed by atoms with Crippen molar-refractivity contribution in [3.8, 4) is 17.1 Å². The number of benzene rings is 2. The molecule has 0 fully saturated rings. The molecule has 3 aromatic rings. The Balaban J connectivity index is 1.77. The number of carbonyl (C=O) groups is 1. The maximum atomic E-state index is 12.6. The van der Waals surface area contributed by atoms with E-state index in [9.17, 15) is 13.2 Å². The van der Waals surface area contributed by atoms with Crippen LogP contribution in [-0.2, 0) is 21.4 Å². The van der Waals surface area contributed by atoms with E-state index < -0.39 is 10.0 Å². The molecule has 0 saturated heterocycles. The van der Waals surface area contributed by atoms with Crippen molar-refractivity contribution in [2.75, 3.05) is 12.4 Å². The van der Waals surface area contributed by atoms with Gasteiger partial charge in [-0.05, 0) is 30.7 Å². The molecule has 9 nitrogen and oxygen atoms in total. The van der Waals surface area contributed by atoms with Crippen LogP contribution in [0.1, 0.15) is 18.4 Å². The van der Waals surface area contributed by atoms with E-state index in [0.717, 1.165) is 11.1 Å². The Bertz CT molecular complexity index is 1140. The van der Waals surface area contributed by atoms with Gasteiger partial charge in [0.05, 0.1) is 24.2 Å². The molecule has 0 unspecified atom stereocenters. The van der Waals surface area contributed by atoms with Gasteiger partial charge in [-0.1, -0.05) is 29.4 Å². The first-order valence-electron chi connectivity index (χ1n) is 8.64. The van der Waals surface area contributed by atoms with Gasteiger partial charge in [-0.3, -0.25) is 4.79 Å². The number of nitrogens with one attached hydrogen (secondary N) is 2. The van der Waals surface area contributed by atoms with E-state index >= 15 is 0 Å². The number of hydrogen-bond donors (Lipinski definition) is 2. The van der Waals surface area contributed by atoms with E-state index in [2.05, 4.69) is 20.2 Å². The van der Waals surface area contributed by atoms with Crippen LogP contribution in [0.4, 0.5) is 5.69 Å². The first-order chi connectivity index (χ1) is 13.8. The average Bonchev–Trinajstić information content (AvgIpc) is 3.15. The summed E-state index contributed by atoms with van der Waals surface area (Å²) in [6, 6.07) is 11.7. The van der Waals surface area contributed by atoms with Crippen molar-refractivity contribution in [3.63, 3.8) is 0 Å². The highest BCUT2D eigenvalue weighted by Gasteiger charge is 2.19. The van der Waals surface area contributed by atoms with Gasteiger partial charge in [0, 0.05) is 12.5 Å². The molecule has 0 spiro atoms. The first-order valence-corrected chi connectivity index (χ1v) is 10.1. The lowest BCUT2D eigenvalue weighted by Crippen LogP contribution is -2.23. The van der Waals surface area contributed by atoms with E-state index in [4.69, 9.17) is 9.26 Å². The van der Waals surface area contributed by atoms with E-state index in [1.807, 2.05) is 31.2 Å². The summed E-state index contributed by atoms with van der Waals surface area (Å²) < 4.78 is 37.9. The lowest BCUT2D eigenvalue weighted by atomic mass is 10.1.